The molecule has 0 saturated carbocycles. The predicted molar refractivity (Wildman–Crippen MR) is 86.1 cm³/mol. The summed E-state index contributed by atoms with van der Waals surface area (Å²) >= 11 is 5.22. The Morgan fingerprint density at radius 3 is 2.76 bits per heavy atom. The van der Waals surface area contributed by atoms with E-state index in [1.807, 2.05) is 25.1 Å². The molecule has 0 aliphatic heterocycles. The monoisotopic (exact) mass is 327 g/mol. The van der Waals surface area contributed by atoms with E-state index in [1.165, 1.54) is 0 Å². The molecule has 2 unspecified atom stereocenters. The van der Waals surface area contributed by atoms with Crippen molar-refractivity contribution in [1.82, 2.24) is 4.31 Å². The summed E-state index contributed by atoms with van der Waals surface area (Å²) in [5.74, 6) is -0.183. The molecule has 0 heterocycles. The number of benzene rings is 1. The second-order valence-electron chi connectivity index (χ2n) is 5.41. The van der Waals surface area contributed by atoms with Gasteiger partial charge in [0.1, 0.15) is 8.68 Å². The maximum Gasteiger partial charge on any atom is 0.309 e. The Kier molecular flexibility index (Phi) is 5.01. The largest absolute Gasteiger partial charge is 0.466 e. The third-order valence-corrected chi connectivity index (χ3v) is 7.09. The molecule has 0 aromatic heterocycles. The van der Waals surface area contributed by atoms with Crippen LogP contribution >= 0.6 is 0 Å². The molecule has 2 atom stereocenters. The number of ether oxygens (including phenoxy) is 1. The Morgan fingerprint density at radius 2 is 2.14 bits per heavy atom. The van der Waals surface area contributed by atoms with Crippen LogP contribution in [-0.2, 0) is 42.2 Å². The maximum atomic E-state index is 12.5. The molecule has 1 aromatic rings. The van der Waals surface area contributed by atoms with E-state index in [4.69, 9.17) is 15.9 Å². The van der Waals surface area contributed by atoms with Gasteiger partial charge in [-0.25, -0.2) is 8.51 Å². The zero-order valence-electron chi connectivity index (χ0n) is 12.6. The Balaban J connectivity index is 2.24. The number of esters is 1. The third kappa shape index (κ3) is 3.44. The van der Waals surface area contributed by atoms with Gasteiger partial charge in [0.15, 0.2) is 0 Å². The minimum absolute atomic E-state index is 0.0648. The van der Waals surface area contributed by atoms with E-state index in [-0.39, 0.29) is 11.9 Å². The second kappa shape index (κ2) is 6.42. The Morgan fingerprint density at radius 1 is 1.43 bits per heavy atom. The molecule has 2 rings (SSSR count). The van der Waals surface area contributed by atoms with Crippen LogP contribution in [0.15, 0.2) is 23.1 Å². The van der Waals surface area contributed by atoms with Crippen LogP contribution in [0.5, 0.6) is 0 Å². The number of nitrogens with zero attached hydrogens (tertiary/aromatic N) is 1. The summed E-state index contributed by atoms with van der Waals surface area (Å²) in [6.45, 7) is 2.24. The molecule has 116 valence electrons. The minimum atomic E-state index is -2.57. The Bertz CT molecular complexity index is 638. The van der Waals surface area contributed by atoms with Gasteiger partial charge in [-0.3, -0.25) is 4.79 Å². The van der Waals surface area contributed by atoms with Crippen LogP contribution in [0, 0.1) is 5.92 Å². The first-order valence-electron chi connectivity index (χ1n) is 7.07. The first-order valence-corrected chi connectivity index (χ1v) is 9.51. The van der Waals surface area contributed by atoms with E-state index in [0.29, 0.717) is 17.9 Å². The van der Waals surface area contributed by atoms with Crippen LogP contribution in [0.3, 0.4) is 0 Å². The minimum Gasteiger partial charge on any atom is -0.466 e. The SMILES string of the molecule is CCOC(=O)C1CCc2cc(S(=O)(=S)N(C)C)ccc2C1. The molecule has 6 heteroatoms. The lowest BCUT2D eigenvalue weighted by Gasteiger charge is -2.24. The normalized spacial score (nSPS) is 20.7. The highest BCUT2D eigenvalue weighted by atomic mass is 32.8. The van der Waals surface area contributed by atoms with Gasteiger partial charge in [-0.15, -0.1) is 0 Å². The van der Waals surface area contributed by atoms with Gasteiger partial charge in [0.05, 0.1) is 17.4 Å². The molecule has 21 heavy (non-hydrogen) atoms. The number of fused-ring (bicyclic) bond motifs is 1. The van der Waals surface area contributed by atoms with E-state index < -0.39 is 8.68 Å². The van der Waals surface area contributed by atoms with Gasteiger partial charge in [-0.2, -0.15) is 0 Å². The molecule has 0 N–H and O–H groups in total. The highest BCUT2D eigenvalue weighted by molar-refractivity contribution is 8.31. The van der Waals surface area contributed by atoms with Crippen LogP contribution in [-0.4, -0.2) is 35.2 Å². The van der Waals surface area contributed by atoms with Crippen molar-refractivity contribution in [2.75, 3.05) is 20.7 Å². The van der Waals surface area contributed by atoms with Gasteiger partial charge in [-0.05, 0) is 63.5 Å². The fourth-order valence-corrected chi connectivity index (χ4v) is 3.83. The lowest BCUT2D eigenvalue weighted by Crippen LogP contribution is -2.25. The summed E-state index contributed by atoms with van der Waals surface area (Å²) in [6.07, 6.45) is 2.26. The molecule has 4 nitrogen and oxygen atoms in total. The van der Waals surface area contributed by atoms with Crippen LogP contribution in [0.2, 0.25) is 0 Å². The van der Waals surface area contributed by atoms with Crippen LogP contribution in [0.1, 0.15) is 24.5 Å². The average molecular weight is 327 g/mol. The first kappa shape index (κ1) is 16.4. The summed E-state index contributed by atoms with van der Waals surface area (Å²) in [5, 5.41) is 0. The third-order valence-electron chi connectivity index (χ3n) is 3.80. The van der Waals surface area contributed by atoms with Crippen molar-refractivity contribution in [1.29, 1.82) is 0 Å². The van der Waals surface area contributed by atoms with Gasteiger partial charge in [0.2, 0.25) is 0 Å². The van der Waals surface area contributed by atoms with Crippen LogP contribution < -0.4 is 0 Å². The van der Waals surface area contributed by atoms with Crippen molar-refractivity contribution >= 4 is 25.8 Å². The number of carbonyl (C=O) groups is 1. The molecular formula is C15H21NO3S2. The van der Waals surface area contributed by atoms with E-state index >= 15 is 0 Å². The van der Waals surface area contributed by atoms with Gasteiger partial charge >= 0.3 is 5.97 Å². The lowest BCUT2D eigenvalue weighted by molar-refractivity contribution is -0.148. The molecule has 0 radical (unpaired) electrons. The number of aryl methyl sites for hydroxylation is 1. The second-order valence-corrected chi connectivity index (χ2v) is 8.92. The smallest absolute Gasteiger partial charge is 0.309 e. The fourth-order valence-electron chi connectivity index (χ4n) is 2.56. The van der Waals surface area contributed by atoms with E-state index in [9.17, 15) is 9.00 Å². The topological polar surface area (TPSA) is 46.6 Å². The van der Waals surface area contributed by atoms with E-state index in [2.05, 4.69) is 0 Å². The number of rotatable bonds is 4. The summed E-state index contributed by atoms with van der Waals surface area (Å²) < 4.78 is 19.2. The number of carbonyl (C=O) groups excluding carboxylic acids is 1. The van der Waals surface area contributed by atoms with Gasteiger partial charge in [0.25, 0.3) is 0 Å². The average Bonchev–Trinajstić information content (AvgIpc) is 2.46. The quantitative estimate of drug-likeness (QED) is 0.793. The van der Waals surface area contributed by atoms with Gasteiger partial charge < -0.3 is 4.74 Å². The Hall–Kier alpha value is -0.980. The molecule has 1 aliphatic rings. The molecular weight excluding hydrogens is 306 g/mol. The highest BCUT2D eigenvalue weighted by Gasteiger charge is 2.26. The van der Waals surface area contributed by atoms with Crippen molar-refractivity contribution in [3.8, 4) is 0 Å². The zero-order chi connectivity index (χ0) is 15.6. The van der Waals surface area contributed by atoms with Crippen molar-refractivity contribution < 1.29 is 13.7 Å². The van der Waals surface area contributed by atoms with Crippen LogP contribution in [0.4, 0.5) is 0 Å². The summed E-state index contributed by atoms with van der Waals surface area (Å²) in [5.41, 5.74) is 2.28. The van der Waals surface area contributed by atoms with E-state index in [1.54, 1.807) is 18.4 Å². The van der Waals surface area contributed by atoms with Crippen molar-refractivity contribution in [3.63, 3.8) is 0 Å². The van der Waals surface area contributed by atoms with Gasteiger partial charge in [-0.1, -0.05) is 6.07 Å². The van der Waals surface area contributed by atoms with Crippen molar-refractivity contribution in [2.45, 2.75) is 31.1 Å². The van der Waals surface area contributed by atoms with Crippen molar-refractivity contribution in [2.24, 2.45) is 5.92 Å². The Labute approximate surface area is 131 Å². The van der Waals surface area contributed by atoms with E-state index in [0.717, 1.165) is 24.0 Å². The molecule has 1 aromatic carbocycles. The molecule has 0 spiro atoms. The predicted octanol–water partition coefficient (Wildman–Crippen LogP) is 1.94. The molecule has 1 aliphatic carbocycles. The zero-order valence-corrected chi connectivity index (χ0v) is 14.3. The summed E-state index contributed by atoms with van der Waals surface area (Å²) in [4.78, 5) is 12.5. The number of hydrogen-bond acceptors (Lipinski definition) is 4. The maximum absolute atomic E-state index is 12.5. The fraction of sp³-hybridized carbons (Fsp3) is 0.533. The summed E-state index contributed by atoms with van der Waals surface area (Å²) in [6, 6.07) is 5.71. The lowest BCUT2D eigenvalue weighted by atomic mass is 9.84. The highest BCUT2D eigenvalue weighted by Crippen LogP contribution is 2.29. The standard InChI is InChI=1S/C15H21NO3S2/c1-4-19-15(17)13-6-5-12-10-14(8-7-11(12)9-13)21(18,20)16(2)3/h7-8,10,13H,4-6,9H2,1-3H3. The summed E-state index contributed by atoms with van der Waals surface area (Å²) in [7, 11) is 0.882. The molecule has 0 amide bonds. The number of hydrogen-bond donors (Lipinski definition) is 0. The van der Waals surface area contributed by atoms with Gasteiger partial charge in [0, 0.05) is 11.2 Å². The molecule has 0 saturated heterocycles. The molecule has 0 fully saturated rings. The first-order chi connectivity index (χ1) is 9.86. The van der Waals surface area contributed by atoms with Crippen LogP contribution in [0.25, 0.3) is 0 Å². The molecule has 0 bridgehead atoms. The van der Waals surface area contributed by atoms with Crippen molar-refractivity contribution in [3.05, 3.63) is 29.3 Å².